The Morgan fingerprint density at radius 2 is 1.90 bits per heavy atom. The Bertz CT molecular complexity index is 828. The second-order valence-electron chi connectivity index (χ2n) is 4.94. The maximum Gasteiger partial charge on any atom is 0.262 e. The number of aromatic nitrogens is 2. The smallest absolute Gasteiger partial charge is 0.262 e. The van der Waals surface area contributed by atoms with Gasteiger partial charge < -0.3 is 0 Å². The van der Waals surface area contributed by atoms with Crippen molar-refractivity contribution in [3.05, 3.63) is 56.8 Å². The number of aryl methyl sites for hydroxylation is 2. The fourth-order valence-corrected chi connectivity index (χ4v) is 3.35. The Kier molecular flexibility index (Phi) is 3.18. The van der Waals surface area contributed by atoms with Gasteiger partial charge in [0.25, 0.3) is 5.56 Å². The van der Waals surface area contributed by atoms with Gasteiger partial charge in [-0.25, -0.2) is 4.98 Å². The molecule has 0 aliphatic rings. The average molecular weight is 284 g/mol. The number of benzene rings is 1. The van der Waals surface area contributed by atoms with Gasteiger partial charge in [0.05, 0.1) is 5.69 Å². The van der Waals surface area contributed by atoms with Crippen molar-refractivity contribution >= 4 is 16.3 Å². The van der Waals surface area contributed by atoms with Gasteiger partial charge in [0, 0.05) is 16.6 Å². The molecule has 0 unspecified atom stereocenters. The van der Waals surface area contributed by atoms with E-state index in [-0.39, 0.29) is 5.56 Å². The third-order valence-electron chi connectivity index (χ3n) is 3.57. The Morgan fingerprint density at radius 3 is 2.55 bits per heavy atom. The highest BCUT2D eigenvalue weighted by molar-refractivity contribution is 7.15. The number of rotatable bonds is 2. The van der Waals surface area contributed by atoms with Crippen molar-refractivity contribution in [2.75, 3.05) is 0 Å². The number of thiazole rings is 1. The molecule has 3 nitrogen and oxygen atoms in total. The van der Waals surface area contributed by atoms with E-state index in [9.17, 15) is 4.79 Å². The van der Waals surface area contributed by atoms with Crippen molar-refractivity contribution in [1.29, 1.82) is 0 Å². The van der Waals surface area contributed by atoms with Crippen LogP contribution in [0.15, 0.2) is 34.4 Å². The van der Waals surface area contributed by atoms with Crippen LogP contribution in [0.3, 0.4) is 0 Å². The molecule has 0 radical (unpaired) electrons. The fourth-order valence-electron chi connectivity index (χ4n) is 2.42. The average Bonchev–Trinajstić information content (AvgIpc) is 2.84. The summed E-state index contributed by atoms with van der Waals surface area (Å²) in [5, 5.41) is 2.01. The standard InChI is InChI=1S/C16H16N2OS/c1-4-13-11(3)17-16-18(15(13)19)14(9-20-16)12-7-5-10(2)6-8-12/h5-9H,4H2,1-3H3. The van der Waals surface area contributed by atoms with Crippen LogP contribution < -0.4 is 5.56 Å². The van der Waals surface area contributed by atoms with Gasteiger partial charge in [-0.05, 0) is 25.8 Å². The van der Waals surface area contributed by atoms with Crippen molar-refractivity contribution in [1.82, 2.24) is 9.38 Å². The predicted octanol–water partition coefficient (Wildman–Crippen LogP) is 3.60. The second kappa shape index (κ2) is 4.87. The molecule has 0 atom stereocenters. The van der Waals surface area contributed by atoms with Crippen LogP contribution in [-0.2, 0) is 6.42 Å². The van der Waals surface area contributed by atoms with Crippen LogP contribution >= 0.6 is 11.3 Å². The molecule has 102 valence electrons. The van der Waals surface area contributed by atoms with Crippen molar-refractivity contribution in [3.63, 3.8) is 0 Å². The van der Waals surface area contributed by atoms with E-state index < -0.39 is 0 Å². The first-order chi connectivity index (χ1) is 9.61. The van der Waals surface area contributed by atoms with E-state index in [0.717, 1.165) is 27.5 Å². The Balaban J connectivity index is 2.33. The molecule has 2 aromatic heterocycles. The number of hydrogen-bond donors (Lipinski definition) is 0. The van der Waals surface area contributed by atoms with E-state index in [1.807, 2.05) is 19.2 Å². The fraction of sp³-hybridized carbons (Fsp3) is 0.250. The Hall–Kier alpha value is -1.94. The highest BCUT2D eigenvalue weighted by Gasteiger charge is 2.13. The molecule has 0 spiro atoms. The summed E-state index contributed by atoms with van der Waals surface area (Å²) in [5.41, 5.74) is 4.90. The summed E-state index contributed by atoms with van der Waals surface area (Å²) in [7, 11) is 0. The van der Waals surface area contributed by atoms with Gasteiger partial charge in [0.15, 0.2) is 4.96 Å². The first-order valence-electron chi connectivity index (χ1n) is 6.68. The van der Waals surface area contributed by atoms with Crippen LogP contribution in [0.25, 0.3) is 16.2 Å². The lowest BCUT2D eigenvalue weighted by Gasteiger charge is -2.06. The van der Waals surface area contributed by atoms with Gasteiger partial charge in [0.1, 0.15) is 0 Å². The van der Waals surface area contributed by atoms with Crippen molar-refractivity contribution in [3.8, 4) is 11.3 Å². The maximum absolute atomic E-state index is 12.6. The molecule has 3 rings (SSSR count). The van der Waals surface area contributed by atoms with E-state index in [2.05, 4.69) is 36.2 Å². The quantitative estimate of drug-likeness (QED) is 0.720. The van der Waals surface area contributed by atoms with Crippen molar-refractivity contribution in [2.24, 2.45) is 0 Å². The molecule has 1 aromatic carbocycles. The molecular weight excluding hydrogens is 268 g/mol. The molecule has 0 bridgehead atoms. The van der Waals surface area contributed by atoms with E-state index in [4.69, 9.17) is 0 Å². The lowest BCUT2D eigenvalue weighted by Crippen LogP contribution is -2.20. The zero-order valence-corrected chi connectivity index (χ0v) is 12.6. The lowest BCUT2D eigenvalue weighted by atomic mass is 10.1. The van der Waals surface area contributed by atoms with Crippen LogP contribution in [0.5, 0.6) is 0 Å². The van der Waals surface area contributed by atoms with Gasteiger partial charge in [-0.15, -0.1) is 11.3 Å². The highest BCUT2D eigenvalue weighted by Crippen LogP contribution is 2.24. The van der Waals surface area contributed by atoms with Crippen molar-refractivity contribution < 1.29 is 0 Å². The first kappa shape index (κ1) is 13.1. The largest absolute Gasteiger partial charge is 0.269 e. The number of nitrogens with zero attached hydrogens (tertiary/aromatic N) is 2. The molecule has 0 amide bonds. The molecule has 4 heteroatoms. The lowest BCUT2D eigenvalue weighted by molar-refractivity contribution is 0.955. The molecule has 20 heavy (non-hydrogen) atoms. The summed E-state index contributed by atoms with van der Waals surface area (Å²) in [5.74, 6) is 0. The minimum atomic E-state index is 0.0619. The third-order valence-corrected chi connectivity index (χ3v) is 4.40. The summed E-state index contributed by atoms with van der Waals surface area (Å²) in [6, 6.07) is 8.22. The summed E-state index contributed by atoms with van der Waals surface area (Å²) < 4.78 is 1.74. The molecule has 0 aliphatic heterocycles. The van der Waals surface area contributed by atoms with E-state index >= 15 is 0 Å². The molecule has 0 N–H and O–H groups in total. The summed E-state index contributed by atoms with van der Waals surface area (Å²) in [6.45, 7) is 5.96. The number of hydrogen-bond acceptors (Lipinski definition) is 3. The summed E-state index contributed by atoms with van der Waals surface area (Å²) in [6.07, 6.45) is 0.712. The zero-order chi connectivity index (χ0) is 14.3. The molecule has 0 saturated heterocycles. The Labute approximate surface area is 121 Å². The molecule has 0 aliphatic carbocycles. The monoisotopic (exact) mass is 284 g/mol. The first-order valence-corrected chi connectivity index (χ1v) is 7.56. The van der Waals surface area contributed by atoms with Crippen LogP contribution in [0.4, 0.5) is 0 Å². The van der Waals surface area contributed by atoms with Crippen LogP contribution in [0.2, 0.25) is 0 Å². The molecule has 3 aromatic rings. The summed E-state index contributed by atoms with van der Waals surface area (Å²) in [4.78, 5) is 17.9. The van der Waals surface area contributed by atoms with Gasteiger partial charge in [-0.1, -0.05) is 36.8 Å². The van der Waals surface area contributed by atoms with Crippen LogP contribution in [0, 0.1) is 13.8 Å². The van der Waals surface area contributed by atoms with E-state index in [1.165, 1.54) is 16.9 Å². The predicted molar refractivity (Wildman–Crippen MR) is 83.6 cm³/mol. The zero-order valence-electron chi connectivity index (χ0n) is 11.8. The molecule has 0 saturated carbocycles. The summed E-state index contributed by atoms with van der Waals surface area (Å²) >= 11 is 1.51. The maximum atomic E-state index is 12.6. The van der Waals surface area contributed by atoms with Gasteiger partial charge >= 0.3 is 0 Å². The SMILES string of the molecule is CCc1c(C)nc2scc(-c3ccc(C)cc3)n2c1=O. The second-order valence-corrected chi connectivity index (χ2v) is 5.78. The normalized spacial score (nSPS) is 11.2. The van der Waals surface area contributed by atoms with E-state index in [0.29, 0.717) is 6.42 Å². The van der Waals surface area contributed by atoms with Gasteiger partial charge in [0.2, 0.25) is 0 Å². The highest BCUT2D eigenvalue weighted by atomic mass is 32.1. The number of fused-ring (bicyclic) bond motifs is 1. The third kappa shape index (κ3) is 1.96. The Morgan fingerprint density at radius 1 is 1.20 bits per heavy atom. The van der Waals surface area contributed by atoms with Crippen LogP contribution in [-0.4, -0.2) is 9.38 Å². The molecule has 0 fully saturated rings. The molecular formula is C16H16N2OS. The van der Waals surface area contributed by atoms with E-state index in [1.54, 1.807) is 4.40 Å². The van der Waals surface area contributed by atoms with Gasteiger partial charge in [-0.2, -0.15) is 0 Å². The minimum Gasteiger partial charge on any atom is -0.269 e. The van der Waals surface area contributed by atoms with Gasteiger partial charge in [-0.3, -0.25) is 9.20 Å². The van der Waals surface area contributed by atoms with Crippen LogP contribution in [0.1, 0.15) is 23.7 Å². The topological polar surface area (TPSA) is 34.4 Å². The molecule has 2 heterocycles. The van der Waals surface area contributed by atoms with Crippen molar-refractivity contribution in [2.45, 2.75) is 27.2 Å². The minimum absolute atomic E-state index is 0.0619.